The highest BCUT2D eigenvalue weighted by Gasteiger charge is 2.28. The zero-order valence-electron chi connectivity index (χ0n) is 14.6. The molecular weight excluding hydrogens is 334 g/mol. The largest absolute Gasteiger partial charge is 0.479 e. The van der Waals surface area contributed by atoms with E-state index in [2.05, 4.69) is 20.6 Å². The molecule has 0 unspecified atom stereocenters. The van der Waals surface area contributed by atoms with Gasteiger partial charge in [-0.05, 0) is 19.9 Å². The first-order chi connectivity index (χ1) is 12.4. The Morgan fingerprint density at radius 2 is 1.92 bits per heavy atom. The van der Waals surface area contributed by atoms with Gasteiger partial charge in [0.05, 0.1) is 11.4 Å². The van der Waals surface area contributed by atoms with Crippen molar-refractivity contribution in [3.8, 4) is 11.3 Å². The second-order valence-electron chi connectivity index (χ2n) is 6.00. The first-order valence-corrected chi connectivity index (χ1v) is 8.03. The summed E-state index contributed by atoms with van der Waals surface area (Å²) >= 11 is 0. The van der Waals surface area contributed by atoms with Crippen LogP contribution in [0.5, 0.6) is 0 Å². The number of carboxylic acids is 1. The van der Waals surface area contributed by atoms with Crippen LogP contribution in [0.15, 0.2) is 36.4 Å². The van der Waals surface area contributed by atoms with Crippen LogP contribution < -0.4 is 5.32 Å². The van der Waals surface area contributed by atoms with E-state index in [1.165, 1.54) is 4.68 Å². The van der Waals surface area contributed by atoms with Crippen LogP contribution in [0.2, 0.25) is 0 Å². The smallest absolute Gasteiger partial charge is 0.331 e. The molecule has 1 aromatic carbocycles. The van der Waals surface area contributed by atoms with Gasteiger partial charge in [0, 0.05) is 23.9 Å². The summed E-state index contributed by atoms with van der Waals surface area (Å²) < 4.78 is 1.44. The summed E-state index contributed by atoms with van der Waals surface area (Å²) in [5.41, 5.74) is 3.37. The Balaban J connectivity index is 1.90. The van der Waals surface area contributed by atoms with Crippen LogP contribution >= 0.6 is 0 Å². The van der Waals surface area contributed by atoms with Gasteiger partial charge in [-0.1, -0.05) is 30.3 Å². The number of H-pyrrole nitrogens is 1. The summed E-state index contributed by atoms with van der Waals surface area (Å²) in [6.45, 7) is 3.41. The average Bonchev–Trinajstić information content (AvgIpc) is 3.16. The van der Waals surface area contributed by atoms with Crippen LogP contribution in [0.4, 0.5) is 0 Å². The lowest BCUT2D eigenvalue weighted by molar-refractivity contribution is -0.139. The maximum Gasteiger partial charge on any atom is 0.331 e. The van der Waals surface area contributed by atoms with E-state index in [1.54, 1.807) is 27.0 Å². The molecule has 8 heteroatoms. The number of hydrogen-bond donors (Lipinski definition) is 3. The number of benzene rings is 1. The SMILES string of the molecule is Cc1n[nH]c(C)c1[C@H](NC(=O)c1cc(-c2ccccc2)nn1C)C(=O)O. The van der Waals surface area contributed by atoms with Crippen molar-refractivity contribution >= 4 is 11.9 Å². The van der Waals surface area contributed by atoms with Crippen LogP contribution in [0.3, 0.4) is 0 Å². The molecule has 134 valence electrons. The Labute approximate surface area is 149 Å². The van der Waals surface area contributed by atoms with Crippen LogP contribution in [0, 0.1) is 13.8 Å². The fourth-order valence-electron chi connectivity index (χ4n) is 2.88. The van der Waals surface area contributed by atoms with Gasteiger partial charge in [0.25, 0.3) is 5.91 Å². The van der Waals surface area contributed by atoms with Crippen molar-refractivity contribution < 1.29 is 14.7 Å². The van der Waals surface area contributed by atoms with Gasteiger partial charge < -0.3 is 10.4 Å². The lowest BCUT2D eigenvalue weighted by Crippen LogP contribution is -2.35. The first kappa shape index (κ1) is 17.4. The predicted molar refractivity (Wildman–Crippen MR) is 94.5 cm³/mol. The lowest BCUT2D eigenvalue weighted by Gasteiger charge is -2.15. The Morgan fingerprint density at radius 3 is 2.50 bits per heavy atom. The third-order valence-electron chi connectivity index (χ3n) is 4.18. The fourth-order valence-corrected chi connectivity index (χ4v) is 2.88. The monoisotopic (exact) mass is 353 g/mol. The quantitative estimate of drug-likeness (QED) is 0.649. The number of carbonyl (C=O) groups is 2. The number of carboxylic acid groups (broad SMARTS) is 1. The number of rotatable bonds is 5. The average molecular weight is 353 g/mol. The number of hydrogen-bond acceptors (Lipinski definition) is 4. The number of amides is 1. The van der Waals surface area contributed by atoms with Crippen molar-refractivity contribution in [3.63, 3.8) is 0 Å². The van der Waals surface area contributed by atoms with Gasteiger partial charge in [0.1, 0.15) is 5.69 Å². The fraction of sp³-hybridized carbons (Fsp3) is 0.222. The summed E-state index contributed by atoms with van der Waals surface area (Å²) in [5.74, 6) is -1.68. The van der Waals surface area contributed by atoms with Crippen molar-refractivity contribution in [1.29, 1.82) is 0 Å². The van der Waals surface area contributed by atoms with Gasteiger partial charge in [0.2, 0.25) is 0 Å². The molecule has 26 heavy (non-hydrogen) atoms. The van der Waals surface area contributed by atoms with E-state index in [0.29, 0.717) is 22.6 Å². The number of aromatic amines is 1. The van der Waals surface area contributed by atoms with Crippen molar-refractivity contribution in [2.24, 2.45) is 7.05 Å². The molecule has 0 aliphatic heterocycles. The van der Waals surface area contributed by atoms with E-state index in [9.17, 15) is 14.7 Å². The Bertz CT molecular complexity index is 939. The number of aromatic nitrogens is 4. The molecule has 1 amide bonds. The molecule has 0 saturated heterocycles. The number of aryl methyl sites for hydroxylation is 3. The topological polar surface area (TPSA) is 113 Å². The first-order valence-electron chi connectivity index (χ1n) is 8.03. The molecule has 0 radical (unpaired) electrons. The van der Waals surface area contributed by atoms with E-state index in [1.807, 2.05) is 30.3 Å². The summed E-state index contributed by atoms with van der Waals surface area (Å²) in [6, 6.07) is 9.89. The molecule has 0 aliphatic carbocycles. The maximum absolute atomic E-state index is 12.7. The number of nitrogens with zero attached hydrogens (tertiary/aromatic N) is 3. The minimum absolute atomic E-state index is 0.272. The number of carbonyl (C=O) groups excluding carboxylic acids is 1. The molecule has 1 atom stereocenters. The van der Waals surface area contributed by atoms with Gasteiger partial charge in [-0.25, -0.2) is 4.79 Å². The molecule has 0 saturated carbocycles. The zero-order chi connectivity index (χ0) is 18.8. The lowest BCUT2D eigenvalue weighted by atomic mass is 10.0. The number of nitrogens with one attached hydrogen (secondary N) is 2. The second-order valence-corrected chi connectivity index (χ2v) is 6.00. The molecule has 3 rings (SSSR count). The predicted octanol–water partition coefficient (Wildman–Crippen LogP) is 1.98. The van der Waals surface area contributed by atoms with E-state index >= 15 is 0 Å². The molecule has 0 spiro atoms. The standard InChI is InChI=1S/C18H19N5O3/c1-10-15(11(2)21-20-10)16(18(25)26)19-17(24)14-9-13(22-23(14)3)12-7-5-4-6-8-12/h4-9,16H,1-3H3,(H,19,24)(H,20,21)(H,25,26)/t16-/m0/s1. The van der Waals surface area contributed by atoms with Crippen molar-refractivity contribution in [2.75, 3.05) is 0 Å². The third-order valence-corrected chi connectivity index (χ3v) is 4.18. The molecule has 2 heterocycles. The van der Waals surface area contributed by atoms with Crippen molar-refractivity contribution in [2.45, 2.75) is 19.9 Å². The molecule has 2 aromatic heterocycles. The minimum atomic E-state index is -1.20. The van der Waals surface area contributed by atoms with E-state index in [4.69, 9.17) is 0 Å². The highest BCUT2D eigenvalue weighted by atomic mass is 16.4. The van der Waals surface area contributed by atoms with Crippen LogP contribution in [0.25, 0.3) is 11.3 Å². The summed E-state index contributed by atoms with van der Waals surface area (Å²) in [4.78, 5) is 24.4. The highest BCUT2D eigenvalue weighted by Crippen LogP contribution is 2.22. The maximum atomic E-state index is 12.7. The van der Waals surface area contributed by atoms with Crippen molar-refractivity contribution in [1.82, 2.24) is 25.3 Å². The third kappa shape index (κ3) is 3.21. The molecule has 0 fully saturated rings. The second kappa shape index (κ2) is 6.83. The van der Waals surface area contributed by atoms with E-state index in [0.717, 1.165) is 5.56 Å². The zero-order valence-corrected chi connectivity index (χ0v) is 14.6. The van der Waals surface area contributed by atoms with Crippen LogP contribution in [-0.2, 0) is 11.8 Å². The molecular formula is C18H19N5O3. The van der Waals surface area contributed by atoms with Gasteiger partial charge in [0.15, 0.2) is 6.04 Å². The molecule has 8 nitrogen and oxygen atoms in total. The van der Waals surface area contributed by atoms with E-state index in [-0.39, 0.29) is 5.69 Å². The highest BCUT2D eigenvalue weighted by molar-refractivity contribution is 5.96. The molecule has 3 aromatic rings. The van der Waals surface area contributed by atoms with E-state index < -0.39 is 17.9 Å². The van der Waals surface area contributed by atoms with Gasteiger partial charge >= 0.3 is 5.97 Å². The molecule has 3 N–H and O–H groups in total. The Hall–Kier alpha value is -3.42. The number of aliphatic carboxylic acids is 1. The van der Waals surface area contributed by atoms with Crippen LogP contribution in [-0.4, -0.2) is 37.0 Å². The van der Waals surface area contributed by atoms with Gasteiger partial charge in [-0.3, -0.25) is 14.6 Å². The van der Waals surface area contributed by atoms with Gasteiger partial charge in [-0.15, -0.1) is 0 Å². The molecule has 0 bridgehead atoms. The van der Waals surface area contributed by atoms with Crippen molar-refractivity contribution in [3.05, 3.63) is 59.0 Å². The summed E-state index contributed by atoms with van der Waals surface area (Å²) in [7, 11) is 1.64. The summed E-state index contributed by atoms with van der Waals surface area (Å²) in [6.07, 6.45) is 0. The minimum Gasteiger partial charge on any atom is -0.479 e. The molecule has 0 aliphatic rings. The Kier molecular flexibility index (Phi) is 4.57. The van der Waals surface area contributed by atoms with Crippen LogP contribution in [0.1, 0.15) is 33.5 Å². The Morgan fingerprint density at radius 1 is 1.23 bits per heavy atom. The van der Waals surface area contributed by atoms with Gasteiger partial charge in [-0.2, -0.15) is 10.2 Å². The normalized spacial score (nSPS) is 12.0. The summed E-state index contributed by atoms with van der Waals surface area (Å²) in [5, 5.41) is 23.2.